The first-order valence-corrected chi connectivity index (χ1v) is 8.22. The van der Waals surface area contributed by atoms with Crippen LogP contribution < -0.4 is 0 Å². The van der Waals surface area contributed by atoms with Crippen molar-refractivity contribution in [2.24, 2.45) is 0 Å². The van der Waals surface area contributed by atoms with Gasteiger partial charge < -0.3 is 14.9 Å². The highest BCUT2D eigenvalue weighted by Crippen LogP contribution is 2.30. The molecule has 1 atom stereocenters. The summed E-state index contributed by atoms with van der Waals surface area (Å²) in [7, 11) is 0. The van der Waals surface area contributed by atoms with Gasteiger partial charge in [0.25, 0.3) is 0 Å². The van der Waals surface area contributed by atoms with Crippen molar-refractivity contribution in [3.63, 3.8) is 0 Å². The van der Waals surface area contributed by atoms with Crippen LogP contribution in [0.2, 0.25) is 0 Å². The molecule has 0 aromatic carbocycles. The summed E-state index contributed by atoms with van der Waals surface area (Å²) in [5.41, 5.74) is 0. The molecule has 0 spiro atoms. The number of carboxylic acid groups (broad SMARTS) is 1. The summed E-state index contributed by atoms with van der Waals surface area (Å²) < 4.78 is 0. The lowest BCUT2D eigenvalue weighted by Gasteiger charge is -2.33. The van der Waals surface area contributed by atoms with Gasteiger partial charge in [0.15, 0.2) is 0 Å². The largest absolute Gasteiger partial charge is 0.481 e. The fraction of sp³-hybridized carbons (Fsp3) is 0.600. The van der Waals surface area contributed by atoms with Gasteiger partial charge >= 0.3 is 12.0 Å². The lowest BCUT2D eigenvalue weighted by molar-refractivity contribution is -0.138. The van der Waals surface area contributed by atoms with E-state index in [1.54, 1.807) is 23.2 Å². The molecule has 0 aliphatic heterocycles. The molecule has 1 aromatic heterocycles. The summed E-state index contributed by atoms with van der Waals surface area (Å²) in [6.45, 7) is 4.84. The van der Waals surface area contributed by atoms with Gasteiger partial charge in [0.2, 0.25) is 0 Å². The lowest BCUT2D eigenvalue weighted by atomic mass is 10.2. The Labute approximate surface area is 129 Å². The van der Waals surface area contributed by atoms with Crippen LogP contribution in [0.5, 0.6) is 0 Å². The van der Waals surface area contributed by atoms with E-state index in [9.17, 15) is 9.59 Å². The molecule has 0 bridgehead atoms. The van der Waals surface area contributed by atoms with Gasteiger partial charge in [-0.15, -0.1) is 11.3 Å². The number of hydrogen-bond acceptors (Lipinski definition) is 3. The van der Waals surface area contributed by atoms with E-state index >= 15 is 0 Å². The molecule has 116 valence electrons. The fourth-order valence-corrected chi connectivity index (χ4v) is 3.18. The molecular weight excluding hydrogens is 288 g/mol. The molecule has 1 heterocycles. The SMILES string of the molecule is CCN(C(=O)N(Cc1cccs1)C1CC1)C(C)CC(=O)O. The first-order valence-electron chi connectivity index (χ1n) is 7.34. The number of urea groups is 1. The van der Waals surface area contributed by atoms with E-state index < -0.39 is 5.97 Å². The highest BCUT2D eigenvalue weighted by Gasteiger charge is 2.36. The van der Waals surface area contributed by atoms with E-state index in [1.165, 1.54) is 0 Å². The van der Waals surface area contributed by atoms with Crippen molar-refractivity contribution in [2.75, 3.05) is 6.54 Å². The quantitative estimate of drug-likeness (QED) is 0.842. The third-order valence-electron chi connectivity index (χ3n) is 3.73. The van der Waals surface area contributed by atoms with Crippen LogP contribution in [0, 0.1) is 0 Å². The number of hydrogen-bond donors (Lipinski definition) is 1. The number of thiophene rings is 1. The monoisotopic (exact) mass is 310 g/mol. The molecule has 2 rings (SSSR count). The normalized spacial score (nSPS) is 15.5. The Hall–Kier alpha value is -1.56. The minimum Gasteiger partial charge on any atom is -0.481 e. The van der Waals surface area contributed by atoms with E-state index in [2.05, 4.69) is 0 Å². The Balaban J connectivity index is 2.07. The van der Waals surface area contributed by atoms with Gasteiger partial charge in [-0.05, 0) is 38.1 Å². The molecular formula is C15H22N2O3S. The number of nitrogens with zero attached hydrogens (tertiary/aromatic N) is 2. The second kappa shape index (κ2) is 6.93. The average molecular weight is 310 g/mol. The van der Waals surface area contributed by atoms with E-state index in [4.69, 9.17) is 5.11 Å². The zero-order valence-corrected chi connectivity index (χ0v) is 13.3. The zero-order chi connectivity index (χ0) is 15.4. The average Bonchev–Trinajstić information content (AvgIpc) is 3.12. The van der Waals surface area contributed by atoms with E-state index in [0.717, 1.165) is 17.7 Å². The van der Waals surface area contributed by atoms with Crippen LogP contribution in [0.1, 0.15) is 38.0 Å². The van der Waals surface area contributed by atoms with Gasteiger partial charge in [-0.25, -0.2) is 4.79 Å². The predicted octanol–water partition coefficient (Wildman–Crippen LogP) is 3.02. The molecule has 0 saturated heterocycles. The molecule has 1 saturated carbocycles. The topological polar surface area (TPSA) is 60.9 Å². The number of carbonyl (C=O) groups excluding carboxylic acids is 1. The van der Waals surface area contributed by atoms with Gasteiger partial charge in [0.1, 0.15) is 0 Å². The summed E-state index contributed by atoms with van der Waals surface area (Å²) in [6.07, 6.45) is 2.07. The number of carbonyl (C=O) groups is 2. The molecule has 2 amide bonds. The Morgan fingerprint density at radius 3 is 2.67 bits per heavy atom. The first kappa shape index (κ1) is 15.8. The molecule has 1 N–H and O–H groups in total. The van der Waals surface area contributed by atoms with Crippen molar-refractivity contribution in [2.45, 2.75) is 51.7 Å². The Bertz CT molecular complexity index is 485. The van der Waals surface area contributed by atoms with E-state index in [-0.39, 0.29) is 18.5 Å². The number of amides is 2. The molecule has 1 unspecified atom stereocenters. The van der Waals surface area contributed by atoms with E-state index in [0.29, 0.717) is 19.1 Å². The summed E-state index contributed by atoms with van der Waals surface area (Å²) in [5, 5.41) is 10.9. The highest BCUT2D eigenvalue weighted by atomic mass is 32.1. The van der Waals surface area contributed by atoms with Gasteiger partial charge in [0, 0.05) is 23.5 Å². The second-order valence-electron chi connectivity index (χ2n) is 5.45. The van der Waals surface area contributed by atoms with Crippen molar-refractivity contribution >= 4 is 23.3 Å². The first-order chi connectivity index (χ1) is 10.0. The van der Waals surface area contributed by atoms with Crippen LogP contribution in [0.25, 0.3) is 0 Å². The van der Waals surface area contributed by atoms with Gasteiger partial charge in [-0.2, -0.15) is 0 Å². The van der Waals surface area contributed by atoms with Gasteiger partial charge in [0.05, 0.1) is 13.0 Å². The van der Waals surface area contributed by atoms with Crippen molar-refractivity contribution in [1.82, 2.24) is 9.80 Å². The van der Waals surface area contributed by atoms with Crippen LogP contribution in [0.3, 0.4) is 0 Å². The van der Waals surface area contributed by atoms with Gasteiger partial charge in [-0.3, -0.25) is 4.79 Å². The van der Waals surface area contributed by atoms with Crippen molar-refractivity contribution in [3.05, 3.63) is 22.4 Å². The second-order valence-corrected chi connectivity index (χ2v) is 6.49. The van der Waals surface area contributed by atoms with Crippen LogP contribution in [0.4, 0.5) is 4.79 Å². The predicted molar refractivity (Wildman–Crippen MR) is 82.4 cm³/mol. The number of aliphatic carboxylic acids is 1. The summed E-state index contributed by atoms with van der Waals surface area (Å²) >= 11 is 1.65. The third-order valence-corrected chi connectivity index (χ3v) is 4.59. The van der Waals surface area contributed by atoms with Crippen LogP contribution in [-0.4, -0.2) is 45.5 Å². The smallest absolute Gasteiger partial charge is 0.320 e. The van der Waals surface area contributed by atoms with Crippen molar-refractivity contribution < 1.29 is 14.7 Å². The summed E-state index contributed by atoms with van der Waals surface area (Å²) in [6, 6.07) is 4.00. The zero-order valence-electron chi connectivity index (χ0n) is 12.5. The number of rotatable bonds is 7. The van der Waals surface area contributed by atoms with Gasteiger partial charge in [-0.1, -0.05) is 6.07 Å². The van der Waals surface area contributed by atoms with E-state index in [1.807, 2.05) is 29.3 Å². The molecule has 6 heteroatoms. The fourth-order valence-electron chi connectivity index (χ4n) is 2.47. The lowest BCUT2D eigenvalue weighted by Crippen LogP contribution is -2.48. The minimum atomic E-state index is -0.870. The maximum Gasteiger partial charge on any atom is 0.320 e. The minimum absolute atomic E-state index is 0.0168. The van der Waals surface area contributed by atoms with Crippen molar-refractivity contribution in [1.29, 1.82) is 0 Å². The highest BCUT2D eigenvalue weighted by molar-refractivity contribution is 7.09. The molecule has 5 nitrogen and oxygen atoms in total. The Kier molecular flexibility index (Phi) is 5.22. The summed E-state index contributed by atoms with van der Waals surface area (Å²) in [5.74, 6) is -0.870. The Morgan fingerprint density at radius 1 is 1.48 bits per heavy atom. The van der Waals surface area contributed by atoms with Crippen LogP contribution in [-0.2, 0) is 11.3 Å². The molecule has 1 aliphatic rings. The maximum absolute atomic E-state index is 12.8. The Morgan fingerprint density at radius 2 is 2.19 bits per heavy atom. The number of carboxylic acids is 1. The summed E-state index contributed by atoms with van der Waals surface area (Å²) in [4.78, 5) is 28.4. The standard InChI is InChI=1S/C15H22N2O3S/c1-3-16(11(2)9-14(18)19)15(20)17(12-6-7-12)10-13-5-4-8-21-13/h4-5,8,11-12H,3,6-7,9-10H2,1-2H3,(H,18,19). The molecule has 1 fully saturated rings. The van der Waals surface area contributed by atoms with Crippen LogP contribution >= 0.6 is 11.3 Å². The third kappa shape index (κ3) is 4.20. The molecule has 1 aliphatic carbocycles. The molecule has 0 radical (unpaired) electrons. The van der Waals surface area contributed by atoms with Crippen LogP contribution in [0.15, 0.2) is 17.5 Å². The maximum atomic E-state index is 12.8. The van der Waals surface area contributed by atoms with Crippen molar-refractivity contribution in [3.8, 4) is 0 Å². The molecule has 21 heavy (non-hydrogen) atoms. The molecule has 1 aromatic rings.